The van der Waals surface area contributed by atoms with Crippen molar-refractivity contribution in [3.05, 3.63) is 65.7 Å². The minimum absolute atomic E-state index is 0.00951. The molecule has 2 aromatic rings. The van der Waals surface area contributed by atoms with E-state index in [9.17, 15) is 9.59 Å². The van der Waals surface area contributed by atoms with Gasteiger partial charge >= 0.3 is 0 Å². The zero-order valence-corrected chi connectivity index (χ0v) is 14.9. The van der Waals surface area contributed by atoms with E-state index in [1.54, 1.807) is 24.3 Å². The second-order valence-electron chi connectivity index (χ2n) is 6.19. The van der Waals surface area contributed by atoms with Gasteiger partial charge in [0.1, 0.15) is 0 Å². The molecule has 0 saturated heterocycles. The first-order chi connectivity index (χ1) is 12.1. The molecule has 1 unspecified atom stereocenters. The van der Waals surface area contributed by atoms with Gasteiger partial charge in [0, 0.05) is 18.2 Å². The topological polar surface area (TPSA) is 58.2 Å². The molecule has 0 bridgehead atoms. The smallest absolute Gasteiger partial charge is 0.251 e. The maximum Gasteiger partial charge on any atom is 0.251 e. The first-order valence-electron chi connectivity index (χ1n) is 8.83. The molecule has 0 spiro atoms. The van der Waals surface area contributed by atoms with Gasteiger partial charge in [-0.25, -0.2) is 0 Å². The van der Waals surface area contributed by atoms with Crippen LogP contribution in [-0.2, 0) is 4.79 Å². The number of benzene rings is 2. The van der Waals surface area contributed by atoms with Crippen molar-refractivity contribution in [3.63, 3.8) is 0 Å². The summed E-state index contributed by atoms with van der Waals surface area (Å²) >= 11 is 0. The number of amides is 2. The Hall–Kier alpha value is -2.62. The van der Waals surface area contributed by atoms with Crippen molar-refractivity contribution in [3.8, 4) is 0 Å². The third kappa shape index (κ3) is 6.07. The van der Waals surface area contributed by atoms with Crippen molar-refractivity contribution >= 4 is 17.5 Å². The van der Waals surface area contributed by atoms with Crippen LogP contribution in [-0.4, -0.2) is 11.8 Å². The number of rotatable bonds is 8. The summed E-state index contributed by atoms with van der Waals surface area (Å²) in [7, 11) is 0. The molecule has 4 heteroatoms. The minimum atomic E-state index is -0.128. The quantitative estimate of drug-likeness (QED) is 0.686. The highest BCUT2D eigenvalue weighted by Crippen LogP contribution is 2.21. The zero-order chi connectivity index (χ0) is 18.1. The molecular formula is C21H26N2O2. The van der Waals surface area contributed by atoms with Crippen LogP contribution < -0.4 is 10.6 Å². The second-order valence-corrected chi connectivity index (χ2v) is 6.19. The van der Waals surface area contributed by atoms with Gasteiger partial charge in [0.05, 0.1) is 6.04 Å². The predicted octanol–water partition coefficient (Wildman–Crippen LogP) is 4.70. The molecule has 4 nitrogen and oxygen atoms in total. The average molecular weight is 338 g/mol. The van der Waals surface area contributed by atoms with E-state index in [0.29, 0.717) is 11.3 Å². The summed E-state index contributed by atoms with van der Waals surface area (Å²) in [6, 6.07) is 17.0. The second kappa shape index (κ2) is 9.62. The lowest BCUT2D eigenvalue weighted by atomic mass is 10.00. The summed E-state index contributed by atoms with van der Waals surface area (Å²) in [6.45, 7) is 3.63. The van der Waals surface area contributed by atoms with Crippen molar-refractivity contribution in [1.29, 1.82) is 0 Å². The molecule has 1 atom stereocenters. The van der Waals surface area contributed by atoms with E-state index < -0.39 is 0 Å². The highest BCUT2D eigenvalue weighted by atomic mass is 16.2. The predicted molar refractivity (Wildman–Crippen MR) is 102 cm³/mol. The van der Waals surface area contributed by atoms with E-state index >= 15 is 0 Å². The van der Waals surface area contributed by atoms with Gasteiger partial charge in [0.2, 0.25) is 5.91 Å². The molecule has 0 heterocycles. The molecule has 0 aliphatic carbocycles. The molecule has 0 aliphatic heterocycles. The molecule has 2 rings (SSSR count). The van der Waals surface area contributed by atoms with Crippen LogP contribution in [0.5, 0.6) is 0 Å². The number of unbranched alkanes of at least 4 members (excludes halogenated alkanes) is 2. The summed E-state index contributed by atoms with van der Waals surface area (Å²) in [6.07, 6.45) is 4.32. The normalized spacial score (nSPS) is 11.6. The average Bonchev–Trinajstić information content (AvgIpc) is 2.62. The minimum Gasteiger partial charge on any atom is -0.345 e. The van der Waals surface area contributed by atoms with Crippen LogP contribution in [0, 0.1) is 0 Å². The van der Waals surface area contributed by atoms with Crippen molar-refractivity contribution in [1.82, 2.24) is 5.32 Å². The Kier molecular flexibility index (Phi) is 7.20. The highest BCUT2D eigenvalue weighted by molar-refractivity contribution is 5.95. The van der Waals surface area contributed by atoms with Crippen molar-refractivity contribution in [2.24, 2.45) is 0 Å². The standard InChI is InChI=1S/C21H26N2O2/c1-3-4-6-11-20(17-9-7-5-8-10-17)23-21(25)18-12-14-19(15-13-18)22-16(2)24/h5,7-10,12-15,20H,3-4,6,11H2,1-2H3,(H,22,24)(H,23,25). The molecule has 0 fully saturated rings. The molecule has 0 radical (unpaired) electrons. The van der Waals surface area contributed by atoms with Crippen molar-refractivity contribution < 1.29 is 9.59 Å². The Balaban J connectivity index is 2.06. The zero-order valence-electron chi connectivity index (χ0n) is 14.9. The Morgan fingerprint density at radius 2 is 1.64 bits per heavy atom. The van der Waals surface area contributed by atoms with Crippen LogP contribution in [0.1, 0.15) is 61.5 Å². The van der Waals surface area contributed by atoms with Crippen molar-refractivity contribution in [2.45, 2.75) is 45.6 Å². The van der Waals surface area contributed by atoms with Crippen LogP contribution >= 0.6 is 0 Å². The molecule has 25 heavy (non-hydrogen) atoms. The number of nitrogens with one attached hydrogen (secondary N) is 2. The number of carbonyl (C=O) groups excluding carboxylic acids is 2. The first-order valence-corrected chi connectivity index (χ1v) is 8.83. The summed E-state index contributed by atoms with van der Waals surface area (Å²) in [4.78, 5) is 23.7. The van der Waals surface area contributed by atoms with Crippen LogP contribution in [0.25, 0.3) is 0 Å². The molecule has 132 valence electrons. The Morgan fingerprint density at radius 3 is 2.24 bits per heavy atom. The van der Waals surface area contributed by atoms with E-state index in [0.717, 1.165) is 31.2 Å². The monoisotopic (exact) mass is 338 g/mol. The van der Waals surface area contributed by atoms with E-state index in [-0.39, 0.29) is 17.9 Å². The molecule has 0 aromatic heterocycles. The number of hydrogen-bond acceptors (Lipinski definition) is 2. The van der Waals surface area contributed by atoms with Crippen LogP contribution in [0.15, 0.2) is 54.6 Å². The molecule has 2 amide bonds. The van der Waals surface area contributed by atoms with Gasteiger partial charge in [-0.05, 0) is 36.2 Å². The molecular weight excluding hydrogens is 312 g/mol. The van der Waals surface area contributed by atoms with Gasteiger partial charge in [-0.15, -0.1) is 0 Å². The van der Waals surface area contributed by atoms with E-state index in [1.165, 1.54) is 6.92 Å². The van der Waals surface area contributed by atoms with Gasteiger partial charge in [0.25, 0.3) is 5.91 Å². The maximum atomic E-state index is 12.6. The van der Waals surface area contributed by atoms with Gasteiger partial charge in [-0.2, -0.15) is 0 Å². The summed E-state index contributed by atoms with van der Waals surface area (Å²) in [5, 5.41) is 5.84. The molecule has 2 N–H and O–H groups in total. The largest absolute Gasteiger partial charge is 0.345 e. The Bertz CT molecular complexity index is 681. The fourth-order valence-electron chi connectivity index (χ4n) is 2.76. The number of carbonyl (C=O) groups is 2. The van der Waals surface area contributed by atoms with Crippen LogP contribution in [0.4, 0.5) is 5.69 Å². The van der Waals surface area contributed by atoms with E-state index in [2.05, 4.69) is 29.7 Å². The fraction of sp³-hybridized carbons (Fsp3) is 0.333. The van der Waals surface area contributed by atoms with Gasteiger partial charge < -0.3 is 10.6 Å². The first kappa shape index (κ1) is 18.7. The summed E-state index contributed by atoms with van der Waals surface area (Å²) in [5.41, 5.74) is 2.40. The highest BCUT2D eigenvalue weighted by Gasteiger charge is 2.15. The number of hydrogen-bond donors (Lipinski definition) is 2. The lowest BCUT2D eigenvalue weighted by molar-refractivity contribution is -0.114. The van der Waals surface area contributed by atoms with Gasteiger partial charge in [0.15, 0.2) is 0 Å². The van der Waals surface area contributed by atoms with Gasteiger partial charge in [-0.3, -0.25) is 9.59 Å². The molecule has 0 aliphatic rings. The maximum absolute atomic E-state index is 12.6. The summed E-state index contributed by atoms with van der Waals surface area (Å²) < 4.78 is 0. The Labute approximate surface area is 149 Å². The lowest BCUT2D eigenvalue weighted by Crippen LogP contribution is -2.28. The molecule has 2 aromatic carbocycles. The number of anilines is 1. The third-order valence-electron chi connectivity index (χ3n) is 4.07. The molecule has 0 saturated carbocycles. The third-order valence-corrected chi connectivity index (χ3v) is 4.07. The Morgan fingerprint density at radius 1 is 0.960 bits per heavy atom. The van der Waals surface area contributed by atoms with Crippen molar-refractivity contribution in [2.75, 3.05) is 5.32 Å². The van der Waals surface area contributed by atoms with Crippen LogP contribution in [0.3, 0.4) is 0 Å². The van der Waals surface area contributed by atoms with E-state index in [4.69, 9.17) is 0 Å². The lowest BCUT2D eigenvalue weighted by Gasteiger charge is -2.19. The SMILES string of the molecule is CCCCCC(NC(=O)c1ccc(NC(C)=O)cc1)c1ccccc1. The van der Waals surface area contributed by atoms with Crippen LogP contribution in [0.2, 0.25) is 0 Å². The summed E-state index contributed by atoms with van der Waals surface area (Å²) in [5.74, 6) is -0.225. The fourth-order valence-corrected chi connectivity index (χ4v) is 2.76. The van der Waals surface area contributed by atoms with E-state index in [1.807, 2.05) is 18.2 Å². The van der Waals surface area contributed by atoms with Gasteiger partial charge in [-0.1, -0.05) is 56.5 Å².